The maximum absolute atomic E-state index is 15.5. The molecule has 0 amide bonds. The molecule has 2 atom stereocenters. The van der Waals surface area contributed by atoms with E-state index in [4.69, 9.17) is 20.3 Å². The van der Waals surface area contributed by atoms with Crippen molar-refractivity contribution in [2.45, 2.75) is 12.1 Å². The first-order valence-corrected chi connectivity index (χ1v) is 9.42. The summed E-state index contributed by atoms with van der Waals surface area (Å²) in [5.74, 6) is -1.09. The Bertz CT molecular complexity index is 1110. The van der Waals surface area contributed by atoms with Crippen LogP contribution in [0.3, 0.4) is 0 Å². The number of ether oxygens (including phenoxy) is 3. The maximum Gasteiger partial charge on any atom is 0.511 e. The lowest BCUT2D eigenvalue weighted by molar-refractivity contribution is 0.0212. The van der Waals surface area contributed by atoms with Crippen LogP contribution >= 0.6 is 0 Å². The number of benzene rings is 1. The van der Waals surface area contributed by atoms with E-state index in [0.717, 1.165) is 6.54 Å². The van der Waals surface area contributed by atoms with Gasteiger partial charge in [-0.05, 0) is 0 Å². The van der Waals surface area contributed by atoms with E-state index in [9.17, 15) is 9.59 Å². The number of pyridine rings is 1. The monoisotopic (exact) mass is 421 g/mol. The highest BCUT2D eigenvalue weighted by Gasteiger charge is 2.40. The van der Waals surface area contributed by atoms with Gasteiger partial charge in [-0.2, -0.15) is 0 Å². The van der Waals surface area contributed by atoms with Crippen molar-refractivity contribution in [1.82, 2.24) is 9.99 Å². The second-order valence-electron chi connectivity index (χ2n) is 7.47. The van der Waals surface area contributed by atoms with Gasteiger partial charge in [-0.1, -0.05) is 0 Å². The van der Waals surface area contributed by atoms with Crippen LogP contribution in [0.25, 0.3) is 10.9 Å². The highest BCUT2D eigenvalue weighted by molar-refractivity contribution is 6.01. The number of aromatic nitrogens is 1. The van der Waals surface area contributed by atoms with E-state index in [2.05, 4.69) is 10.1 Å². The zero-order valence-electron chi connectivity index (χ0n) is 16.1. The molecule has 11 nitrogen and oxygen atoms in total. The van der Waals surface area contributed by atoms with Gasteiger partial charge in [-0.3, -0.25) is 14.5 Å². The number of rotatable bonds is 2. The van der Waals surface area contributed by atoms with Gasteiger partial charge in [0, 0.05) is 26.7 Å². The Morgan fingerprint density at radius 1 is 1.43 bits per heavy atom. The number of fused-ring (bicyclic) bond motifs is 1. The molecule has 30 heavy (non-hydrogen) atoms. The predicted molar refractivity (Wildman–Crippen MR) is 105 cm³/mol. The van der Waals surface area contributed by atoms with E-state index in [1.54, 1.807) is 17.0 Å². The lowest BCUT2D eigenvalue weighted by Crippen LogP contribution is -2.47. The molecule has 4 N–H and O–H groups in total. The number of halogens is 1. The van der Waals surface area contributed by atoms with Gasteiger partial charge in [0.25, 0.3) is 0 Å². The van der Waals surface area contributed by atoms with Crippen LogP contribution < -0.4 is 35.9 Å². The fraction of sp³-hybridized carbons (Fsp3) is 0.444. The van der Waals surface area contributed by atoms with E-state index >= 15 is 4.39 Å². The van der Waals surface area contributed by atoms with Crippen molar-refractivity contribution in [2.24, 2.45) is 0 Å². The third-order valence-corrected chi connectivity index (χ3v) is 5.68. The summed E-state index contributed by atoms with van der Waals surface area (Å²) in [6, 6.07) is 0.0436. The summed E-state index contributed by atoms with van der Waals surface area (Å²) in [6.45, 7) is 2.28. The molecule has 0 radical (unpaired) electrons. The summed E-state index contributed by atoms with van der Waals surface area (Å²) >= 11 is 0. The molecule has 0 aliphatic carbocycles. The predicted octanol–water partition coefficient (Wildman–Crippen LogP) is -0.126. The summed E-state index contributed by atoms with van der Waals surface area (Å²) in [7, 11) is 1.67. The smallest absolute Gasteiger partial charge is 0.467 e. The van der Waals surface area contributed by atoms with E-state index in [1.165, 1.54) is 10.9 Å². The molecule has 2 aromatic rings. The molecule has 4 heterocycles. The number of anilines is 2. The lowest BCUT2D eigenvalue weighted by atomic mass is 10.1. The molecule has 3 aliphatic heterocycles. The molecule has 2 fully saturated rings. The number of hydrogen-bond donors (Lipinski definition) is 3. The standard InChI is InChI=1S/C18H20FN5O6/c1-22-7-29-17-14-11(16(25)10(6-24(14)22)30-18(26)27)13(20)12(19)15(17)23-4-8-9(5-23)28-3-2-21-8/h6,8-9,21H,2-5,7,20H2,1H3,(H,26,27). The molecule has 5 rings (SSSR count). The van der Waals surface area contributed by atoms with Crippen molar-refractivity contribution in [3.05, 3.63) is 22.2 Å². The molecule has 2 unspecified atom stereocenters. The van der Waals surface area contributed by atoms with Crippen LogP contribution in [0, 0.1) is 5.82 Å². The van der Waals surface area contributed by atoms with Crippen LogP contribution in [0.15, 0.2) is 11.0 Å². The highest BCUT2D eigenvalue weighted by Crippen LogP contribution is 2.45. The van der Waals surface area contributed by atoms with Crippen molar-refractivity contribution in [1.29, 1.82) is 0 Å². The second kappa shape index (κ2) is 6.64. The SMILES string of the molecule is CN1COc2c(N3CC4NCCOC4C3)c(F)c(N)c3c(=O)c(OC(=O)O)cn1c23. The minimum Gasteiger partial charge on any atom is -0.467 e. The van der Waals surface area contributed by atoms with Gasteiger partial charge in [-0.25, -0.2) is 9.18 Å². The Hall–Kier alpha value is -3.25. The lowest BCUT2D eigenvalue weighted by Gasteiger charge is -2.33. The van der Waals surface area contributed by atoms with Crippen LogP contribution in [-0.2, 0) is 4.74 Å². The molecule has 0 spiro atoms. The van der Waals surface area contributed by atoms with Crippen LogP contribution in [0.2, 0.25) is 0 Å². The number of nitrogens with zero attached hydrogens (tertiary/aromatic N) is 3. The average molecular weight is 421 g/mol. The molecule has 0 bridgehead atoms. The van der Waals surface area contributed by atoms with Crippen molar-refractivity contribution in [3.63, 3.8) is 0 Å². The quantitative estimate of drug-likeness (QED) is 0.445. The Balaban J connectivity index is 1.74. The van der Waals surface area contributed by atoms with Crippen molar-refractivity contribution < 1.29 is 28.5 Å². The molecular formula is C18H20FN5O6. The Labute approximate surface area is 169 Å². The topological polar surface area (TPSA) is 132 Å². The minimum atomic E-state index is -1.66. The third kappa shape index (κ3) is 2.64. The Morgan fingerprint density at radius 2 is 2.23 bits per heavy atom. The fourth-order valence-electron chi connectivity index (χ4n) is 4.35. The van der Waals surface area contributed by atoms with Crippen LogP contribution in [-0.4, -0.2) is 68.1 Å². The molecule has 3 aliphatic rings. The first kappa shape index (κ1) is 18.8. The van der Waals surface area contributed by atoms with Crippen molar-refractivity contribution in [2.75, 3.05) is 55.7 Å². The number of morpholine rings is 1. The number of hydrogen-bond acceptors (Lipinski definition) is 9. The average Bonchev–Trinajstić information content (AvgIpc) is 3.13. The van der Waals surface area contributed by atoms with Gasteiger partial charge in [0.2, 0.25) is 11.2 Å². The number of nitrogens with one attached hydrogen (secondary N) is 1. The Morgan fingerprint density at radius 3 is 2.97 bits per heavy atom. The zero-order valence-corrected chi connectivity index (χ0v) is 16.1. The molecular weight excluding hydrogens is 401 g/mol. The first-order valence-electron chi connectivity index (χ1n) is 9.42. The van der Waals surface area contributed by atoms with E-state index < -0.39 is 23.2 Å². The molecule has 12 heteroatoms. The summed E-state index contributed by atoms with van der Waals surface area (Å²) in [5, 5.41) is 13.7. The van der Waals surface area contributed by atoms with Crippen LogP contribution in [0.5, 0.6) is 11.5 Å². The normalized spacial score (nSPS) is 22.7. The summed E-state index contributed by atoms with van der Waals surface area (Å²) in [4.78, 5) is 25.6. The first-order chi connectivity index (χ1) is 14.4. The summed E-state index contributed by atoms with van der Waals surface area (Å²) < 4.78 is 33.2. The van der Waals surface area contributed by atoms with Gasteiger partial charge >= 0.3 is 6.16 Å². The maximum atomic E-state index is 15.5. The number of nitrogen functional groups attached to an aromatic ring is 1. The van der Waals surface area contributed by atoms with Crippen LogP contribution in [0.4, 0.5) is 20.6 Å². The van der Waals surface area contributed by atoms with E-state index in [-0.39, 0.29) is 46.9 Å². The van der Waals surface area contributed by atoms with Crippen molar-refractivity contribution in [3.8, 4) is 11.5 Å². The number of nitrogens with two attached hydrogens (primary N) is 1. The molecule has 0 saturated carbocycles. The largest absolute Gasteiger partial charge is 0.511 e. The summed E-state index contributed by atoms with van der Waals surface area (Å²) in [6.07, 6.45) is -0.514. The van der Waals surface area contributed by atoms with Gasteiger partial charge in [0.15, 0.2) is 18.3 Å². The highest BCUT2D eigenvalue weighted by atomic mass is 19.1. The minimum absolute atomic E-state index is 0.0436. The van der Waals surface area contributed by atoms with E-state index in [0.29, 0.717) is 19.7 Å². The molecule has 1 aromatic carbocycles. The Kier molecular flexibility index (Phi) is 4.15. The van der Waals surface area contributed by atoms with Crippen LogP contribution in [0.1, 0.15) is 0 Å². The van der Waals surface area contributed by atoms with Crippen molar-refractivity contribution >= 4 is 28.4 Å². The van der Waals surface area contributed by atoms with Gasteiger partial charge in [0.1, 0.15) is 11.2 Å². The van der Waals surface area contributed by atoms with Gasteiger partial charge in [-0.15, -0.1) is 0 Å². The van der Waals surface area contributed by atoms with Gasteiger partial charge < -0.3 is 35.3 Å². The molecule has 2 saturated heterocycles. The third-order valence-electron chi connectivity index (χ3n) is 5.68. The second-order valence-corrected chi connectivity index (χ2v) is 7.47. The summed E-state index contributed by atoms with van der Waals surface area (Å²) in [5.41, 5.74) is 5.26. The number of carbonyl (C=O) groups is 1. The van der Waals surface area contributed by atoms with Gasteiger partial charge in [0.05, 0.1) is 36.0 Å². The zero-order chi connectivity index (χ0) is 21.2. The fourth-order valence-corrected chi connectivity index (χ4v) is 4.35. The number of carboxylic acid groups (broad SMARTS) is 1. The molecule has 1 aromatic heterocycles. The van der Waals surface area contributed by atoms with E-state index in [1.807, 2.05) is 0 Å². The molecule has 160 valence electrons.